The molecule has 0 aliphatic carbocycles. The Hall–Kier alpha value is -2.38. The molecule has 2 aromatic rings. The summed E-state index contributed by atoms with van der Waals surface area (Å²) in [7, 11) is -3.61. The molecule has 4 rings (SSSR count). The van der Waals surface area contributed by atoms with E-state index < -0.39 is 10.0 Å². The van der Waals surface area contributed by atoms with Crippen molar-refractivity contribution in [1.29, 1.82) is 0 Å². The summed E-state index contributed by atoms with van der Waals surface area (Å²) in [5, 5.41) is 2.87. The largest absolute Gasteiger partial charge is 0.369 e. The lowest BCUT2D eigenvalue weighted by Crippen LogP contribution is -2.48. The first-order valence-corrected chi connectivity index (χ1v) is 11.9. The first-order chi connectivity index (χ1) is 14.2. The molecule has 30 heavy (non-hydrogen) atoms. The summed E-state index contributed by atoms with van der Waals surface area (Å²) in [6, 6.07) is 11.2. The lowest BCUT2D eigenvalue weighted by molar-refractivity contribution is -0.117. The van der Waals surface area contributed by atoms with E-state index in [1.807, 2.05) is 19.9 Å². The van der Waals surface area contributed by atoms with Gasteiger partial charge in [0.05, 0.1) is 10.8 Å². The second-order valence-corrected chi connectivity index (χ2v) is 10.5. The molecule has 0 saturated carbocycles. The van der Waals surface area contributed by atoms with E-state index >= 15 is 0 Å². The highest BCUT2D eigenvalue weighted by molar-refractivity contribution is 7.89. The summed E-state index contributed by atoms with van der Waals surface area (Å²) < 4.78 is 28.2. The Morgan fingerprint density at radius 2 is 1.73 bits per heavy atom. The third-order valence-electron chi connectivity index (χ3n) is 6.36. The first-order valence-electron chi connectivity index (χ1n) is 10.5. The number of fused-ring (bicyclic) bond motifs is 1. The summed E-state index contributed by atoms with van der Waals surface area (Å²) in [6.07, 6.45) is 0. The first kappa shape index (κ1) is 20.9. The fraction of sp³-hybridized carbons (Fsp3) is 0.435. The van der Waals surface area contributed by atoms with Crippen LogP contribution in [0.1, 0.15) is 36.5 Å². The van der Waals surface area contributed by atoms with Crippen molar-refractivity contribution < 1.29 is 13.2 Å². The number of nitrogens with zero attached hydrogens (tertiary/aromatic N) is 2. The van der Waals surface area contributed by atoms with Crippen LogP contribution in [0.4, 0.5) is 11.4 Å². The minimum Gasteiger partial charge on any atom is -0.369 e. The van der Waals surface area contributed by atoms with E-state index in [0.29, 0.717) is 26.2 Å². The molecule has 2 aromatic carbocycles. The van der Waals surface area contributed by atoms with Gasteiger partial charge >= 0.3 is 0 Å². The van der Waals surface area contributed by atoms with E-state index in [4.69, 9.17) is 0 Å². The molecule has 0 spiro atoms. The molecule has 0 bridgehead atoms. The molecule has 1 atom stereocenters. The van der Waals surface area contributed by atoms with Gasteiger partial charge in [-0.1, -0.05) is 26.0 Å². The lowest BCUT2D eigenvalue weighted by Gasteiger charge is -2.36. The molecule has 1 saturated heterocycles. The van der Waals surface area contributed by atoms with Crippen LogP contribution in [0.15, 0.2) is 41.3 Å². The second kappa shape index (κ2) is 7.71. The Balaban J connectivity index is 1.55. The maximum atomic E-state index is 13.3. The van der Waals surface area contributed by atoms with Crippen LogP contribution in [0.3, 0.4) is 0 Å². The summed E-state index contributed by atoms with van der Waals surface area (Å²) in [5.41, 5.74) is 5.16. The van der Waals surface area contributed by atoms with Crippen LogP contribution >= 0.6 is 0 Å². The van der Waals surface area contributed by atoms with Gasteiger partial charge in [0.2, 0.25) is 15.9 Å². The van der Waals surface area contributed by atoms with Crippen LogP contribution in [-0.2, 0) is 14.8 Å². The highest BCUT2D eigenvalue weighted by Crippen LogP contribution is 2.39. The van der Waals surface area contributed by atoms with Crippen molar-refractivity contribution in [3.63, 3.8) is 0 Å². The van der Waals surface area contributed by atoms with Gasteiger partial charge < -0.3 is 10.2 Å². The quantitative estimate of drug-likeness (QED) is 0.811. The zero-order valence-corrected chi connectivity index (χ0v) is 18.8. The van der Waals surface area contributed by atoms with Crippen LogP contribution in [0, 0.1) is 19.8 Å². The number of benzene rings is 2. The molecule has 0 unspecified atom stereocenters. The van der Waals surface area contributed by atoms with Crippen molar-refractivity contribution in [3.8, 4) is 0 Å². The SMILES string of the molecule is Cc1cccc(N2CCN(S(=O)(=O)c3ccc4c(c3)[C@H](C(C)C)C(=O)N4)CC2)c1C. The summed E-state index contributed by atoms with van der Waals surface area (Å²) in [4.78, 5) is 14.8. The van der Waals surface area contributed by atoms with Crippen LogP contribution in [0.2, 0.25) is 0 Å². The second-order valence-electron chi connectivity index (χ2n) is 8.57. The number of carbonyl (C=O) groups excluding carboxylic acids is 1. The number of nitrogens with one attached hydrogen (secondary N) is 1. The Morgan fingerprint density at radius 3 is 2.40 bits per heavy atom. The predicted octanol–water partition coefficient (Wildman–Crippen LogP) is 3.51. The fourth-order valence-electron chi connectivity index (χ4n) is 4.48. The number of amides is 1. The van der Waals surface area contributed by atoms with Crippen molar-refractivity contribution in [1.82, 2.24) is 4.31 Å². The van der Waals surface area contributed by atoms with Crippen molar-refractivity contribution >= 4 is 27.3 Å². The Morgan fingerprint density at radius 1 is 1.03 bits per heavy atom. The molecule has 1 amide bonds. The van der Waals surface area contributed by atoms with E-state index in [1.54, 1.807) is 22.5 Å². The molecular weight excluding hydrogens is 398 g/mol. The number of hydrogen-bond acceptors (Lipinski definition) is 4. The molecule has 1 N–H and O–H groups in total. The maximum Gasteiger partial charge on any atom is 0.243 e. The molecule has 1 fully saturated rings. The molecule has 2 aliphatic heterocycles. The smallest absolute Gasteiger partial charge is 0.243 e. The molecule has 0 aromatic heterocycles. The summed E-state index contributed by atoms with van der Waals surface area (Å²) in [6.45, 7) is 10.4. The summed E-state index contributed by atoms with van der Waals surface area (Å²) in [5.74, 6) is -0.265. The van der Waals surface area contributed by atoms with Gasteiger partial charge in [0.25, 0.3) is 0 Å². The van der Waals surface area contributed by atoms with Crippen LogP contribution in [0.5, 0.6) is 0 Å². The normalized spacial score (nSPS) is 19.8. The standard InChI is InChI=1S/C23H29N3O3S/c1-15(2)22-19-14-18(8-9-20(19)24-23(22)27)30(28,29)26-12-10-25(11-13-26)21-7-5-6-16(3)17(21)4/h5-9,14-15,22H,10-13H2,1-4H3,(H,24,27)/t22-/m0/s1. The van der Waals surface area contributed by atoms with E-state index in [-0.39, 0.29) is 22.6 Å². The van der Waals surface area contributed by atoms with Crippen molar-refractivity contribution in [2.24, 2.45) is 5.92 Å². The number of rotatable bonds is 4. The van der Waals surface area contributed by atoms with E-state index in [0.717, 1.165) is 11.3 Å². The molecule has 6 nitrogen and oxygen atoms in total. The zero-order chi connectivity index (χ0) is 21.6. The third kappa shape index (κ3) is 3.50. The molecule has 2 heterocycles. The van der Waals surface area contributed by atoms with Gasteiger partial charge in [-0.15, -0.1) is 0 Å². The van der Waals surface area contributed by atoms with Gasteiger partial charge in [0.1, 0.15) is 0 Å². The van der Waals surface area contributed by atoms with Gasteiger partial charge in [-0.3, -0.25) is 4.79 Å². The Labute approximate surface area is 178 Å². The van der Waals surface area contributed by atoms with Crippen LogP contribution in [-0.4, -0.2) is 44.8 Å². The Bertz CT molecular complexity index is 1090. The maximum absolute atomic E-state index is 13.3. The topological polar surface area (TPSA) is 69.7 Å². The average Bonchev–Trinajstić information content (AvgIpc) is 3.05. The highest BCUT2D eigenvalue weighted by Gasteiger charge is 2.35. The lowest BCUT2D eigenvalue weighted by atomic mass is 9.90. The molecular formula is C23H29N3O3S. The fourth-order valence-corrected chi connectivity index (χ4v) is 5.94. The average molecular weight is 428 g/mol. The monoisotopic (exact) mass is 427 g/mol. The van der Waals surface area contributed by atoms with E-state index in [1.165, 1.54) is 16.8 Å². The number of hydrogen-bond donors (Lipinski definition) is 1. The van der Waals surface area contributed by atoms with Crippen molar-refractivity contribution in [3.05, 3.63) is 53.1 Å². The van der Waals surface area contributed by atoms with Gasteiger partial charge in [-0.2, -0.15) is 4.31 Å². The summed E-state index contributed by atoms with van der Waals surface area (Å²) >= 11 is 0. The van der Waals surface area contributed by atoms with Gasteiger partial charge in [-0.25, -0.2) is 8.42 Å². The predicted molar refractivity (Wildman–Crippen MR) is 120 cm³/mol. The number of anilines is 2. The van der Waals surface area contributed by atoms with Crippen LogP contribution in [0.25, 0.3) is 0 Å². The van der Waals surface area contributed by atoms with Crippen molar-refractivity contribution in [2.75, 3.05) is 36.4 Å². The third-order valence-corrected chi connectivity index (χ3v) is 8.25. The zero-order valence-electron chi connectivity index (χ0n) is 18.0. The van der Waals surface area contributed by atoms with E-state index in [2.05, 4.69) is 36.2 Å². The minimum absolute atomic E-state index is 0.0586. The van der Waals surface area contributed by atoms with Gasteiger partial charge in [0.15, 0.2) is 0 Å². The molecule has 0 radical (unpaired) electrons. The van der Waals surface area contributed by atoms with E-state index in [9.17, 15) is 13.2 Å². The molecule has 160 valence electrons. The number of piperazine rings is 1. The van der Waals surface area contributed by atoms with Gasteiger partial charge in [-0.05, 0) is 60.7 Å². The molecule has 7 heteroatoms. The highest BCUT2D eigenvalue weighted by atomic mass is 32.2. The number of aryl methyl sites for hydroxylation is 1. The van der Waals surface area contributed by atoms with Gasteiger partial charge in [0, 0.05) is 37.6 Å². The molecule has 2 aliphatic rings. The van der Waals surface area contributed by atoms with Crippen LogP contribution < -0.4 is 10.2 Å². The number of carbonyl (C=O) groups is 1. The van der Waals surface area contributed by atoms with Crippen molar-refractivity contribution in [2.45, 2.75) is 38.5 Å². The Kier molecular flexibility index (Phi) is 5.36. The minimum atomic E-state index is -3.61. The number of sulfonamides is 1.